The minimum absolute atomic E-state index is 0.00214. The van der Waals surface area contributed by atoms with Crippen molar-refractivity contribution in [3.8, 4) is 0 Å². The van der Waals surface area contributed by atoms with Crippen molar-refractivity contribution in [3.63, 3.8) is 0 Å². The molecule has 1 aromatic carbocycles. The fourth-order valence-electron chi connectivity index (χ4n) is 1.95. The van der Waals surface area contributed by atoms with E-state index in [4.69, 9.17) is 11.6 Å². The second kappa shape index (κ2) is 6.22. The third-order valence-corrected chi connectivity index (χ3v) is 6.68. The Morgan fingerprint density at radius 1 is 1.37 bits per heavy atom. The van der Waals surface area contributed by atoms with Gasteiger partial charge in [0.2, 0.25) is 0 Å². The summed E-state index contributed by atoms with van der Waals surface area (Å²) < 4.78 is 1.21. The average molecular weight is 393 g/mol. The molecule has 1 aliphatic rings. The van der Waals surface area contributed by atoms with Crippen LogP contribution >= 0.6 is 11.6 Å². The number of hydrogen-bond acceptors (Lipinski definition) is 2. The second-order valence-electron chi connectivity index (χ2n) is 4.85. The topological polar surface area (TPSA) is 46.2 Å². The van der Waals surface area contributed by atoms with E-state index < -0.39 is 21.2 Å². The predicted molar refractivity (Wildman–Crippen MR) is 70.4 cm³/mol. The number of amides is 2. The molecule has 0 spiro atoms. The van der Waals surface area contributed by atoms with Crippen molar-refractivity contribution >= 4 is 23.4 Å². The summed E-state index contributed by atoms with van der Waals surface area (Å²) in [6.45, 7) is 4.21. The van der Waals surface area contributed by atoms with Crippen LogP contribution < -0.4 is 26.5 Å². The van der Waals surface area contributed by atoms with Gasteiger partial charge in [0.15, 0.2) is 0 Å². The van der Waals surface area contributed by atoms with Crippen LogP contribution in [-0.2, 0) is 9.59 Å². The van der Waals surface area contributed by atoms with E-state index in [1.165, 1.54) is 3.57 Å². The van der Waals surface area contributed by atoms with Gasteiger partial charge in [-0.2, -0.15) is 0 Å². The Balaban J connectivity index is 2.13. The zero-order valence-corrected chi connectivity index (χ0v) is 13.8. The molecular weight excluding hydrogens is 377 g/mol. The third kappa shape index (κ3) is 3.69. The van der Waals surface area contributed by atoms with Gasteiger partial charge in [-0.15, -0.1) is 0 Å². The number of imide groups is 1. The Morgan fingerprint density at radius 3 is 2.74 bits per heavy atom. The van der Waals surface area contributed by atoms with Crippen molar-refractivity contribution in [1.29, 1.82) is 0 Å². The molecule has 1 N–H and O–H groups in total. The van der Waals surface area contributed by atoms with Gasteiger partial charge in [-0.3, -0.25) is 0 Å². The molecule has 2 amide bonds. The summed E-state index contributed by atoms with van der Waals surface area (Å²) in [5, 5.41) is 3.21. The van der Waals surface area contributed by atoms with E-state index >= 15 is 0 Å². The van der Waals surface area contributed by atoms with Crippen LogP contribution in [0.2, 0.25) is 5.02 Å². The van der Waals surface area contributed by atoms with Crippen LogP contribution in [0.4, 0.5) is 0 Å². The fraction of sp³-hybridized carbons (Fsp3) is 0.429. The summed E-state index contributed by atoms with van der Waals surface area (Å²) in [4.78, 5) is 22.9. The van der Waals surface area contributed by atoms with Crippen molar-refractivity contribution in [2.75, 3.05) is 0 Å². The van der Waals surface area contributed by atoms with Crippen LogP contribution in [-0.4, -0.2) is 15.7 Å². The molecule has 104 valence electrons. The van der Waals surface area contributed by atoms with Crippen LogP contribution in [0, 0.1) is 3.57 Å². The predicted octanol–water partition coefficient (Wildman–Crippen LogP) is -0.473. The molecule has 3 nitrogen and oxygen atoms in total. The van der Waals surface area contributed by atoms with Gasteiger partial charge in [-0.25, -0.2) is 0 Å². The number of carbonyl (C=O) groups excluding carboxylic acids is 2. The van der Waals surface area contributed by atoms with E-state index in [9.17, 15) is 9.59 Å². The van der Waals surface area contributed by atoms with E-state index in [0.29, 0.717) is 18.8 Å². The average Bonchev–Trinajstić information content (AvgIpc) is 2.34. The minimum atomic E-state index is -0.432. The Kier molecular flexibility index (Phi) is 4.84. The molecule has 1 heterocycles. The van der Waals surface area contributed by atoms with Crippen molar-refractivity contribution < 1.29 is 30.8 Å². The van der Waals surface area contributed by atoms with Gasteiger partial charge < -0.3 is 0 Å². The zero-order chi connectivity index (χ0) is 14.0. The van der Waals surface area contributed by atoms with Gasteiger partial charge in [0.25, 0.3) is 0 Å². The van der Waals surface area contributed by atoms with Crippen molar-refractivity contribution in [2.45, 2.75) is 36.5 Å². The molecule has 1 saturated heterocycles. The molecule has 0 aromatic heterocycles. The third-order valence-electron chi connectivity index (χ3n) is 3.01. The monoisotopic (exact) mass is 392 g/mol. The molecule has 1 unspecified atom stereocenters. The number of benzene rings is 1. The van der Waals surface area contributed by atoms with Crippen molar-refractivity contribution in [3.05, 3.63) is 32.4 Å². The van der Waals surface area contributed by atoms with Gasteiger partial charge in [-0.1, -0.05) is 0 Å². The maximum atomic E-state index is 11.8. The Labute approximate surface area is 128 Å². The van der Waals surface area contributed by atoms with E-state index in [1.54, 1.807) is 0 Å². The standard InChI is InChI=1S/C14H16ClINO2/c1-8(2)10-7-9(3-4-11(10)15)16-12-5-6-13(18)17-14(12)19/h3-4,7-8,12H,5-6H2,1-2H3,(H,17,18,19)/q-1. The van der Waals surface area contributed by atoms with E-state index in [-0.39, 0.29) is 15.7 Å². The number of nitrogens with one attached hydrogen (secondary N) is 1. The molecular formula is C14H16ClINO2-. The molecule has 2 rings (SSSR count). The van der Waals surface area contributed by atoms with Crippen LogP contribution in [0.15, 0.2) is 18.2 Å². The number of alkyl halides is 1. The molecule has 1 aliphatic heterocycles. The first-order chi connectivity index (χ1) is 8.97. The molecule has 1 fully saturated rings. The van der Waals surface area contributed by atoms with Crippen LogP contribution in [0.5, 0.6) is 0 Å². The Bertz CT molecular complexity index is 516. The SMILES string of the molecule is CC(C)c1cc([I-]C2CCC(=O)NC2=O)ccc1Cl. The summed E-state index contributed by atoms with van der Waals surface area (Å²) in [5.74, 6) is 0.118. The first kappa shape index (κ1) is 14.8. The molecule has 19 heavy (non-hydrogen) atoms. The molecule has 0 saturated carbocycles. The van der Waals surface area contributed by atoms with Gasteiger partial charge in [0.05, 0.1) is 0 Å². The number of carbonyl (C=O) groups is 2. The Morgan fingerprint density at radius 2 is 2.11 bits per heavy atom. The molecule has 1 aromatic rings. The van der Waals surface area contributed by atoms with Crippen LogP contribution in [0.25, 0.3) is 0 Å². The summed E-state index contributed by atoms with van der Waals surface area (Å²) in [6, 6.07) is 6.03. The van der Waals surface area contributed by atoms with Crippen LogP contribution in [0.1, 0.15) is 38.2 Å². The van der Waals surface area contributed by atoms with E-state index in [1.807, 2.05) is 12.1 Å². The van der Waals surface area contributed by atoms with Gasteiger partial charge in [-0.05, 0) is 0 Å². The number of rotatable bonds is 3. The number of piperidine rings is 1. The summed E-state index contributed by atoms with van der Waals surface area (Å²) in [5.41, 5.74) is 1.13. The Hall–Kier alpha value is -0.620. The van der Waals surface area contributed by atoms with E-state index in [2.05, 4.69) is 25.2 Å². The molecule has 5 heteroatoms. The van der Waals surface area contributed by atoms with Crippen molar-refractivity contribution in [2.24, 2.45) is 0 Å². The first-order valence-electron chi connectivity index (χ1n) is 6.24. The molecule has 0 bridgehead atoms. The molecule has 0 aliphatic carbocycles. The normalized spacial score (nSPS) is 19.9. The number of halogens is 2. The van der Waals surface area contributed by atoms with Crippen LogP contribution in [0.3, 0.4) is 0 Å². The summed E-state index contributed by atoms with van der Waals surface area (Å²) in [6.07, 6.45) is 1.14. The molecule has 0 radical (unpaired) electrons. The maximum absolute atomic E-state index is 11.8. The molecule has 1 atom stereocenters. The van der Waals surface area contributed by atoms with Gasteiger partial charge >= 0.3 is 128 Å². The summed E-state index contributed by atoms with van der Waals surface area (Å²) in [7, 11) is 0. The number of hydrogen-bond donors (Lipinski definition) is 1. The second-order valence-corrected chi connectivity index (χ2v) is 8.63. The van der Waals surface area contributed by atoms with Crippen molar-refractivity contribution in [1.82, 2.24) is 5.32 Å². The van der Waals surface area contributed by atoms with E-state index in [0.717, 1.165) is 10.6 Å². The zero-order valence-electron chi connectivity index (χ0n) is 10.9. The summed E-state index contributed by atoms with van der Waals surface area (Å²) >= 11 is 5.74. The first-order valence-corrected chi connectivity index (χ1v) is 8.94. The van der Waals surface area contributed by atoms with Gasteiger partial charge in [0, 0.05) is 0 Å². The quantitative estimate of drug-likeness (QED) is 0.429. The fourth-order valence-corrected chi connectivity index (χ4v) is 5.12. The van der Waals surface area contributed by atoms with Gasteiger partial charge in [0.1, 0.15) is 0 Å².